The first-order chi connectivity index (χ1) is 8.70. The highest BCUT2D eigenvalue weighted by atomic mass is 16.6. The van der Waals surface area contributed by atoms with Crippen molar-refractivity contribution in [2.24, 2.45) is 0 Å². The van der Waals surface area contributed by atoms with Crippen LogP contribution in [-0.4, -0.2) is 31.3 Å². The molecule has 0 radical (unpaired) electrons. The minimum Gasteiger partial charge on any atom is -0.494 e. The van der Waals surface area contributed by atoms with Crippen molar-refractivity contribution in [1.82, 2.24) is 0 Å². The molecule has 98 valence electrons. The maximum absolute atomic E-state index is 10.7. The average molecular weight is 252 g/mol. The number of anilines is 1. The molecule has 1 aromatic rings. The van der Waals surface area contributed by atoms with E-state index in [1.807, 2.05) is 0 Å². The van der Waals surface area contributed by atoms with E-state index in [-0.39, 0.29) is 11.7 Å². The summed E-state index contributed by atoms with van der Waals surface area (Å²) in [6.07, 6.45) is 2.05. The Balaban J connectivity index is 2.13. The number of non-ortho nitro benzene ring substituents is 1. The highest BCUT2D eigenvalue weighted by Crippen LogP contribution is 2.30. The lowest BCUT2D eigenvalue weighted by Crippen LogP contribution is -2.30. The van der Waals surface area contributed by atoms with Crippen LogP contribution in [0.3, 0.4) is 0 Å². The topological polar surface area (TPSA) is 73.6 Å². The molecule has 18 heavy (non-hydrogen) atoms. The predicted molar refractivity (Wildman–Crippen MR) is 67.1 cm³/mol. The largest absolute Gasteiger partial charge is 0.494 e. The fourth-order valence-corrected chi connectivity index (χ4v) is 1.99. The van der Waals surface area contributed by atoms with Crippen LogP contribution in [0.15, 0.2) is 18.2 Å². The van der Waals surface area contributed by atoms with E-state index in [1.54, 1.807) is 6.07 Å². The van der Waals surface area contributed by atoms with Gasteiger partial charge in [-0.15, -0.1) is 0 Å². The lowest BCUT2D eigenvalue weighted by molar-refractivity contribution is -0.384. The molecule has 0 aromatic heterocycles. The van der Waals surface area contributed by atoms with Crippen molar-refractivity contribution in [2.75, 3.05) is 25.6 Å². The zero-order valence-electron chi connectivity index (χ0n) is 10.2. The molecule has 2 rings (SSSR count). The summed E-state index contributed by atoms with van der Waals surface area (Å²) in [6.45, 7) is 1.45. The predicted octanol–water partition coefficient (Wildman–Crippen LogP) is 2.19. The zero-order valence-corrected chi connectivity index (χ0v) is 10.2. The molecule has 1 unspecified atom stereocenters. The van der Waals surface area contributed by atoms with Crippen molar-refractivity contribution < 1.29 is 14.4 Å². The fraction of sp³-hybridized carbons (Fsp3) is 0.500. The van der Waals surface area contributed by atoms with Gasteiger partial charge in [0.1, 0.15) is 5.75 Å². The van der Waals surface area contributed by atoms with Gasteiger partial charge in [-0.1, -0.05) is 0 Å². The smallest absolute Gasteiger partial charge is 0.273 e. The Labute approximate surface area is 105 Å². The Morgan fingerprint density at radius 3 is 3.00 bits per heavy atom. The Morgan fingerprint density at radius 2 is 2.39 bits per heavy atom. The number of nitro benzene ring substituents is 1. The van der Waals surface area contributed by atoms with Crippen LogP contribution in [0.4, 0.5) is 11.4 Å². The highest BCUT2D eigenvalue weighted by molar-refractivity contribution is 5.61. The van der Waals surface area contributed by atoms with Crippen LogP contribution < -0.4 is 10.1 Å². The molecule has 1 aromatic carbocycles. The van der Waals surface area contributed by atoms with E-state index in [0.29, 0.717) is 12.4 Å². The van der Waals surface area contributed by atoms with Gasteiger partial charge in [0.15, 0.2) is 0 Å². The second-order valence-electron chi connectivity index (χ2n) is 4.20. The van der Waals surface area contributed by atoms with E-state index in [9.17, 15) is 10.1 Å². The molecule has 0 bridgehead atoms. The van der Waals surface area contributed by atoms with Gasteiger partial charge < -0.3 is 14.8 Å². The van der Waals surface area contributed by atoms with Crippen molar-refractivity contribution in [3.8, 4) is 5.75 Å². The normalized spacial score (nSPS) is 19.3. The summed E-state index contributed by atoms with van der Waals surface area (Å²) in [5.41, 5.74) is 0.788. The van der Waals surface area contributed by atoms with E-state index in [1.165, 1.54) is 19.2 Å². The fourth-order valence-electron chi connectivity index (χ4n) is 1.99. The molecule has 0 saturated carbocycles. The van der Waals surface area contributed by atoms with Crippen LogP contribution in [0.25, 0.3) is 0 Å². The van der Waals surface area contributed by atoms with Crippen molar-refractivity contribution >= 4 is 11.4 Å². The average Bonchev–Trinajstić information content (AvgIpc) is 2.40. The lowest BCUT2D eigenvalue weighted by Gasteiger charge is -2.24. The van der Waals surface area contributed by atoms with Crippen LogP contribution in [0.5, 0.6) is 5.75 Å². The van der Waals surface area contributed by atoms with Gasteiger partial charge in [-0.05, 0) is 18.9 Å². The third-order valence-corrected chi connectivity index (χ3v) is 2.92. The second-order valence-corrected chi connectivity index (χ2v) is 4.20. The summed E-state index contributed by atoms with van der Waals surface area (Å²) in [6, 6.07) is 4.79. The van der Waals surface area contributed by atoms with Crippen molar-refractivity contribution in [2.45, 2.75) is 18.9 Å². The quantitative estimate of drug-likeness (QED) is 0.656. The van der Waals surface area contributed by atoms with Gasteiger partial charge in [-0.2, -0.15) is 0 Å². The van der Waals surface area contributed by atoms with Gasteiger partial charge >= 0.3 is 0 Å². The van der Waals surface area contributed by atoms with Crippen molar-refractivity contribution in [1.29, 1.82) is 0 Å². The molecule has 1 saturated heterocycles. The molecule has 6 nitrogen and oxygen atoms in total. The standard InChI is InChI=1S/C12H16N2O4/c1-17-12-7-10(14(15)16)4-5-11(12)13-9-3-2-6-18-8-9/h4-5,7,9,13H,2-3,6,8H2,1H3. The van der Waals surface area contributed by atoms with E-state index < -0.39 is 4.92 Å². The molecule has 1 atom stereocenters. The number of methoxy groups -OCH3 is 1. The van der Waals surface area contributed by atoms with E-state index >= 15 is 0 Å². The first kappa shape index (κ1) is 12.6. The molecular formula is C12H16N2O4. The number of ether oxygens (including phenoxy) is 2. The number of benzene rings is 1. The minimum atomic E-state index is -0.435. The molecule has 1 heterocycles. The highest BCUT2D eigenvalue weighted by Gasteiger charge is 2.17. The van der Waals surface area contributed by atoms with E-state index in [2.05, 4.69) is 5.32 Å². The molecule has 0 aliphatic carbocycles. The Hall–Kier alpha value is -1.82. The van der Waals surface area contributed by atoms with Gasteiger partial charge in [-0.3, -0.25) is 10.1 Å². The summed E-state index contributed by atoms with van der Waals surface area (Å²) < 4.78 is 10.5. The summed E-state index contributed by atoms with van der Waals surface area (Å²) in [5, 5.41) is 14.0. The van der Waals surface area contributed by atoms with E-state index in [4.69, 9.17) is 9.47 Å². The van der Waals surface area contributed by atoms with Gasteiger partial charge in [0.25, 0.3) is 5.69 Å². The molecule has 6 heteroatoms. The number of nitrogens with one attached hydrogen (secondary N) is 1. The maximum Gasteiger partial charge on any atom is 0.273 e. The maximum atomic E-state index is 10.7. The Bertz CT molecular complexity index is 430. The van der Waals surface area contributed by atoms with Crippen LogP contribution in [0.1, 0.15) is 12.8 Å². The second kappa shape index (κ2) is 5.68. The molecule has 1 N–H and O–H groups in total. The minimum absolute atomic E-state index is 0.0253. The summed E-state index contributed by atoms with van der Waals surface area (Å²) in [4.78, 5) is 10.2. The number of nitro groups is 1. The molecule has 0 spiro atoms. The summed E-state index contributed by atoms with van der Waals surface area (Å²) in [5.74, 6) is 0.481. The first-order valence-electron chi connectivity index (χ1n) is 5.87. The molecule has 0 amide bonds. The third kappa shape index (κ3) is 2.89. The molecule has 1 aliphatic heterocycles. The molecule has 1 aliphatic rings. The zero-order chi connectivity index (χ0) is 13.0. The number of nitrogens with zero attached hydrogens (tertiary/aromatic N) is 1. The van der Waals surface area contributed by atoms with Crippen LogP contribution in [0, 0.1) is 10.1 Å². The Morgan fingerprint density at radius 1 is 1.56 bits per heavy atom. The third-order valence-electron chi connectivity index (χ3n) is 2.92. The monoisotopic (exact) mass is 252 g/mol. The molecule has 1 fully saturated rings. The number of rotatable bonds is 4. The SMILES string of the molecule is COc1cc([N+](=O)[O-])ccc1NC1CCCOC1. The van der Waals surface area contributed by atoms with Gasteiger partial charge in [0, 0.05) is 18.7 Å². The first-order valence-corrected chi connectivity index (χ1v) is 5.87. The van der Waals surface area contributed by atoms with Crippen LogP contribution in [0.2, 0.25) is 0 Å². The van der Waals surface area contributed by atoms with Gasteiger partial charge in [-0.25, -0.2) is 0 Å². The number of hydrogen-bond acceptors (Lipinski definition) is 5. The van der Waals surface area contributed by atoms with E-state index in [0.717, 1.165) is 25.1 Å². The van der Waals surface area contributed by atoms with Gasteiger partial charge in [0.2, 0.25) is 0 Å². The number of hydrogen-bond donors (Lipinski definition) is 1. The molecular weight excluding hydrogens is 236 g/mol. The summed E-state index contributed by atoms with van der Waals surface area (Å²) in [7, 11) is 1.50. The summed E-state index contributed by atoms with van der Waals surface area (Å²) >= 11 is 0. The van der Waals surface area contributed by atoms with Crippen molar-refractivity contribution in [3.63, 3.8) is 0 Å². The van der Waals surface area contributed by atoms with Crippen LogP contribution >= 0.6 is 0 Å². The van der Waals surface area contributed by atoms with Gasteiger partial charge in [0.05, 0.1) is 30.4 Å². The lowest BCUT2D eigenvalue weighted by atomic mass is 10.1. The Kier molecular flexibility index (Phi) is 3.99. The van der Waals surface area contributed by atoms with Crippen molar-refractivity contribution in [3.05, 3.63) is 28.3 Å². The van der Waals surface area contributed by atoms with Crippen LogP contribution in [-0.2, 0) is 4.74 Å².